The van der Waals surface area contributed by atoms with Crippen molar-refractivity contribution in [2.75, 3.05) is 13.2 Å². The highest BCUT2D eigenvalue weighted by Crippen LogP contribution is 2.28. The van der Waals surface area contributed by atoms with Crippen LogP contribution in [-0.4, -0.2) is 24.1 Å². The lowest BCUT2D eigenvalue weighted by Crippen LogP contribution is -2.34. The number of nitrogens with two attached hydrogens (primary N) is 1. The average Bonchev–Trinajstić information content (AvgIpc) is 2.57. The van der Waals surface area contributed by atoms with Crippen LogP contribution in [0.2, 0.25) is 0 Å². The number of nitrogens with one attached hydrogen (secondary N) is 1. The summed E-state index contributed by atoms with van der Waals surface area (Å²) in [6.45, 7) is 4.77. The maximum Gasteiger partial charge on any atom is 0.252 e. The fourth-order valence-electron chi connectivity index (χ4n) is 2.05. The molecule has 1 aromatic carbocycles. The van der Waals surface area contributed by atoms with E-state index in [-0.39, 0.29) is 5.91 Å². The van der Waals surface area contributed by atoms with Gasteiger partial charge >= 0.3 is 0 Å². The molecule has 0 aliphatic heterocycles. The smallest absolute Gasteiger partial charge is 0.252 e. The van der Waals surface area contributed by atoms with E-state index in [1.54, 1.807) is 36.5 Å². The Morgan fingerprint density at radius 1 is 1.17 bits per heavy atom. The molecule has 1 heterocycles. The number of aromatic nitrogens is 1. The third-order valence-electron chi connectivity index (χ3n) is 3.10. The predicted octanol–water partition coefficient (Wildman–Crippen LogP) is 2.27. The monoisotopic (exact) mass is 315 g/mol. The van der Waals surface area contributed by atoms with Gasteiger partial charge in [-0.2, -0.15) is 0 Å². The summed E-state index contributed by atoms with van der Waals surface area (Å²) in [5, 5.41) is 2.71. The van der Waals surface area contributed by atoms with E-state index in [4.69, 9.17) is 15.2 Å². The van der Waals surface area contributed by atoms with Gasteiger partial charge in [-0.3, -0.25) is 9.78 Å². The molecular formula is C17H21N3O3. The Morgan fingerprint density at radius 3 is 2.57 bits per heavy atom. The number of carbonyl (C=O) groups excluding carboxylic acids is 1. The summed E-state index contributed by atoms with van der Waals surface area (Å²) < 4.78 is 11.0. The molecule has 0 radical (unpaired) electrons. The lowest BCUT2D eigenvalue weighted by Gasteiger charge is -2.15. The minimum absolute atomic E-state index is 0.299. The molecule has 0 aliphatic rings. The number of nitrogens with zero attached hydrogens (tertiary/aromatic N) is 1. The minimum Gasteiger partial charge on any atom is -0.490 e. The van der Waals surface area contributed by atoms with Crippen molar-refractivity contribution in [3.8, 4) is 11.5 Å². The summed E-state index contributed by atoms with van der Waals surface area (Å²) >= 11 is 0. The molecule has 0 saturated carbocycles. The molecule has 1 aromatic heterocycles. The van der Waals surface area contributed by atoms with Gasteiger partial charge in [0, 0.05) is 11.8 Å². The van der Waals surface area contributed by atoms with Crippen LogP contribution in [0.3, 0.4) is 0 Å². The summed E-state index contributed by atoms with van der Waals surface area (Å²) in [6, 6.07) is 10.4. The summed E-state index contributed by atoms with van der Waals surface area (Å²) in [6.07, 6.45) is 0.955. The first-order valence-corrected chi connectivity index (χ1v) is 7.52. The van der Waals surface area contributed by atoms with E-state index in [9.17, 15) is 4.79 Å². The molecule has 1 atom stereocenters. The van der Waals surface area contributed by atoms with Gasteiger partial charge in [-0.1, -0.05) is 6.07 Å². The zero-order chi connectivity index (χ0) is 16.7. The summed E-state index contributed by atoms with van der Waals surface area (Å²) in [5.41, 5.74) is 7.00. The van der Waals surface area contributed by atoms with E-state index < -0.39 is 6.17 Å². The van der Waals surface area contributed by atoms with Gasteiger partial charge < -0.3 is 20.5 Å². The van der Waals surface area contributed by atoms with Crippen LogP contribution in [0.15, 0.2) is 42.6 Å². The van der Waals surface area contributed by atoms with E-state index in [2.05, 4.69) is 10.3 Å². The van der Waals surface area contributed by atoms with E-state index in [1.807, 2.05) is 19.9 Å². The van der Waals surface area contributed by atoms with Crippen LogP contribution in [0, 0.1) is 0 Å². The Labute approximate surface area is 135 Å². The van der Waals surface area contributed by atoms with E-state index in [0.29, 0.717) is 36.0 Å². The number of benzene rings is 1. The fourth-order valence-corrected chi connectivity index (χ4v) is 2.05. The predicted molar refractivity (Wildman–Crippen MR) is 87.4 cm³/mol. The molecule has 23 heavy (non-hydrogen) atoms. The number of rotatable bonds is 7. The van der Waals surface area contributed by atoms with Crippen molar-refractivity contribution in [2.24, 2.45) is 5.73 Å². The number of pyridine rings is 1. The quantitative estimate of drug-likeness (QED) is 0.765. The minimum atomic E-state index is -0.675. The normalized spacial score (nSPS) is 11.6. The first kappa shape index (κ1) is 16.8. The molecule has 2 aromatic rings. The summed E-state index contributed by atoms with van der Waals surface area (Å²) in [4.78, 5) is 16.5. The first-order valence-electron chi connectivity index (χ1n) is 7.52. The Balaban J connectivity index is 2.14. The van der Waals surface area contributed by atoms with Crippen LogP contribution >= 0.6 is 0 Å². The molecule has 6 heteroatoms. The Morgan fingerprint density at radius 2 is 1.91 bits per heavy atom. The molecule has 0 spiro atoms. The van der Waals surface area contributed by atoms with Crippen molar-refractivity contribution in [3.05, 3.63) is 53.9 Å². The Kier molecular flexibility index (Phi) is 5.94. The van der Waals surface area contributed by atoms with Crippen molar-refractivity contribution in [3.63, 3.8) is 0 Å². The van der Waals surface area contributed by atoms with Gasteiger partial charge in [0.25, 0.3) is 5.91 Å². The Bertz CT molecular complexity index is 647. The third kappa shape index (κ3) is 4.43. The number of hydrogen-bond acceptors (Lipinski definition) is 5. The molecule has 0 fully saturated rings. The lowest BCUT2D eigenvalue weighted by molar-refractivity contribution is 0.0936. The maximum absolute atomic E-state index is 12.3. The van der Waals surface area contributed by atoms with Gasteiger partial charge in [0.2, 0.25) is 0 Å². The first-order chi connectivity index (χ1) is 11.2. The molecule has 0 saturated heterocycles. The van der Waals surface area contributed by atoms with Crippen LogP contribution < -0.4 is 20.5 Å². The second-order valence-corrected chi connectivity index (χ2v) is 4.73. The molecular weight excluding hydrogens is 294 g/mol. The molecule has 0 aliphatic carbocycles. The molecule has 0 bridgehead atoms. The van der Waals surface area contributed by atoms with Gasteiger partial charge in [-0.25, -0.2) is 0 Å². The van der Waals surface area contributed by atoms with Crippen molar-refractivity contribution < 1.29 is 14.3 Å². The number of carbonyl (C=O) groups is 1. The topological polar surface area (TPSA) is 86.5 Å². The Hall–Kier alpha value is -2.60. The van der Waals surface area contributed by atoms with E-state index in [1.165, 1.54) is 0 Å². The zero-order valence-electron chi connectivity index (χ0n) is 13.3. The van der Waals surface area contributed by atoms with E-state index >= 15 is 0 Å². The molecule has 122 valence electrons. The summed E-state index contributed by atoms with van der Waals surface area (Å²) in [5.74, 6) is 0.848. The highest BCUT2D eigenvalue weighted by Gasteiger charge is 2.15. The summed E-state index contributed by atoms with van der Waals surface area (Å²) in [7, 11) is 0. The van der Waals surface area contributed by atoms with Gasteiger partial charge in [-0.15, -0.1) is 0 Å². The molecule has 1 unspecified atom stereocenters. The highest BCUT2D eigenvalue weighted by atomic mass is 16.5. The second-order valence-electron chi connectivity index (χ2n) is 4.73. The third-order valence-corrected chi connectivity index (χ3v) is 3.10. The van der Waals surface area contributed by atoms with Crippen LogP contribution in [0.4, 0.5) is 0 Å². The van der Waals surface area contributed by atoms with Gasteiger partial charge in [0.1, 0.15) is 6.17 Å². The van der Waals surface area contributed by atoms with Crippen LogP contribution in [-0.2, 0) is 0 Å². The van der Waals surface area contributed by atoms with Gasteiger partial charge in [0.05, 0.1) is 18.9 Å². The highest BCUT2D eigenvalue weighted by molar-refractivity contribution is 5.95. The average molecular weight is 315 g/mol. The molecule has 3 N–H and O–H groups in total. The largest absolute Gasteiger partial charge is 0.490 e. The lowest BCUT2D eigenvalue weighted by atomic mass is 10.1. The SMILES string of the molecule is CCOc1ccc(C(=O)NC(N)c2ccccn2)cc1OCC. The van der Waals surface area contributed by atoms with Gasteiger partial charge in [-0.05, 0) is 44.2 Å². The molecule has 2 rings (SSSR count). The van der Waals surface area contributed by atoms with Crippen LogP contribution in [0.5, 0.6) is 11.5 Å². The van der Waals surface area contributed by atoms with E-state index in [0.717, 1.165) is 0 Å². The van der Waals surface area contributed by atoms with Gasteiger partial charge in [0.15, 0.2) is 11.5 Å². The maximum atomic E-state index is 12.3. The molecule has 1 amide bonds. The van der Waals surface area contributed by atoms with Crippen LogP contribution in [0.25, 0.3) is 0 Å². The second kappa shape index (κ2) is 8.14. The van der Waals surface area contributed by atoms with Crippen LogP contribution in [0.1, 0.15) is 36.1 Å². The zero-order valence-corrected chi connectivity index (χ0v) is 13.3. The molecule has 6 nitrogen and oxygen atoms in total. The standard InChI is InChI=1S/C17H21N3O3/c1-3-22-14-9-8-12(11-15(14)23-4-2)17(21)20-16(18)13-7-5-6-10-19-13/h5-11,16H,3-4,18H2,1-2H3,(H,20,21). The van der Waals surface area contributed by atoms with Crippen molar-refractivity contribution in [1.82, 2.24) is 10.3 Å². The van der Waals surface area contributed by atoms with Crippen molar-refractivity contribution in [1.29, 1.82) is 0 Å². The number of amides is 1. The fraction of sp³-hybridized carbons (Fsp3) is 0.294. The van der Waals surface area contributed by atoms with Crippen molar-refractivity contribution >= 4 is 5.91 Å². The number of hydrogen-bond donors (Lipinski definition) is 2. The van der Waals surface area contributed by atoms with Crippen molar-refractivity contribution in [2.45, 2.75) is 20.0 Å². The number of ether oxygens (including phenoxy) is 2.